The summed E-state index contributed by atoms with van der Waals surface area (Å²) in [6.45, 7) is 2.74. The Bertz CT molecular complexity index is 1290. The Morgan fingerprint density at radius 1 is 1.24 bits per heavy atom. The Morgan fingerprint density at radius 3 is 2.81 bits per heavy atom. The van der Waals surface area contributed by atoms with Gasteiger partial charge < -0.3 is 29.9 Å². The van der Waals surface area contributed by atoms with E-state index in [4.69, 9.17) is 9.47 Å². The monoisotopic (exact) mass is 504 g/mol. The van der Waals surface area contributed by atoms with Crippen molar-refractivity contribution in [3.05, 3.63) is 71.0 Å². The molecule has 1 saturated heterocycles. The Hall–Kier alpha value is -3.36. The molecule has 2 aliphatic heterocycles. The molecule has 1 fully saturated rings. The summed E-state index contributed by atoms with van der Waals surface area (Å²) in [6.07, 6.45) is 2.66. The largest absolute Gasteiger partial charge is 0.504 e. The number of hydrogen-bond acceptors (Lipinski definition) is 7. The second-order valence-corrected chi connectivity index (χ2v) is 10.8. The van der Waals surface area contributed by atoms with Gasteiger partial charge in [0.1, 0.15) is 5.76 Å². The molecule has 0 saturated carbocycles. The quantitative estimate of drug-likeness (QED) is 0.519. The van der Waals surface area contributed by atoms with Crippen molar-refractivity contribution in [2.24, 2.45) is 0 Å². The topological polar surface area (TPSA) is 108 Å². The van der Waals surface area contributed by atoms with Crippen LogP contribution in [-0.4, -0.2) is 64.9 Å². The number of carbonyl (C=O) groups excluding carboxylic acids is 2. The molecule has 0 aromatic heterocycles. The van der Waals surface area contributed by atoms with Crippen molar-refractivity contribution in [1.29, 1.82) is 0 Å². The normalized spacial score (nSPS) is 30.0. The van der Waals surface area contributed by atoms with Crippen LogP contribution in [0.5, 0.6) is 11.5 Å². The third-order valence-electron chi connectivity index (χ3n) is 8.91. The van der Waals surface area contributed by atoms with Crippen molar-refractivity contribution in [2.45, 2.75) is 61.7 Å². The molecule has 194 valence electrons. The lowest BCUT2D eigenvalue weighted by Gasteiger charge is -2.61. The van der Waals surface area contributed by atoms with Crippen molar-refractivity contribution in [2.75, 3.05) is 20.1 Å². The van der Waals surface area contributed by atoms with E-state index >= 15 is 0 Å². The Morgan fingerprint density at radius 2 is 2.03 bits per heavy atom. The number of phenolic OH excluding ortho intramolecular Hbond substituents is 1. The Balaban J connectivity index is 1.19. The number of aromatic hydroxyl groups is 1. The second kappa shape index (κ2) is 8.60. The van der Waals surface area contributed by atoms with Crippen LogP contribution >= 0.6 is 0 Å². The van der Waals surface area contributed by atoms with E-state index in [9.17, 15) is 19.8 Å². The third-order valence-corrected chi connectivity index (χ3v) is 8.91. The summed E-state index contributed by atoms with van der Waals surface area (Å²) >= 11 is 0. The molecule has 6 rings (SSSR count). The minimum absolute atomic E-state index is 0.00336. The molecule has 8 nitrogen and oxygen atoms in total. The van der Waals surface area contributed by atoms with Crippen LogP contribution in [0.1, 0.15) is 48.8 Å². The van der Waals surface area contributed by atoms with Crippen LogP contribution in [0.15, 0.2) is 54.3 Å². The molecule has 1 spiro atoms. The summed E-state index contributed by atoms with van der Waals surface area (Å²) in [7, 11) is 2.03. The van der Waals surface area contributed by atoms with E-state index in [0.717, 1.165) is 23.2 Å². The first kappa shape index (κ1) is 24.0. The molecule has 2 heterocycles. The third kappa shape index (κ3) is 3.42. The molecule has 37 heavy (non-hydrogen) atoms. The van der Waals surface area contributed by atoms with E-state index in [2.05, 4.69) is 10.2 Å². The highest BCUT2D eigenvalue weighted by Gasteiger charge is 2.72. The Labute approximate surface area is 215 Å². The molecule has 2 aromatic rings. The molecule has 1 amide bonds. The summed E-state index contributed by atoms with van der Waals surface area (Å²) < 4.78 is 12.1. The van der Waals surface area contributed by atoms with Gasteiger partial charge in [-0.3, -0.25) is 9.59 Å². The molecule has 3 unspecified atom stereocenters. The first-order chi connectivity index (χ1) is 17.8. The molecule has 0 radical (unpaired) electrons. The number of esters is 1. The van der Waals surface area contributed by atoms with Crippen LogP contribution in [0.4, 0.5) is 0 Å². The highest BCUT2D eigenvalue weighted by molar-refractivity contribution is 5.83. The van der Waals surface area contributed by atoms with Crippen molar-refractivity contribution >= 4 is 11.9 Å². The number of likely N-dealkylation sites (tertiary alicyclic amines) is 1. The number of likely N-dealkylation sites (N-methyl/N-ethyl adjacent to an activating group) is 1. The van der Waals surface area contributed by atoms with Gasteiger partial charge in [0.05, 0.1) is 23.4 Å². The molecule has 8 heteroatoms. The lowest BCUT2D eigenvalue weighted by atomic mass is 9.50. The van der Waals surface area contributed by atoms with E-state index < -0.39 is 23.1 Å². The summed E-state index contributed by atoms with van der Waals surface area (Å²) in [5, 5.41) is 25.6. The molecular formula is C29H32N2O6. The number of phenols is 1. The zero-order valence-corrected chi connectivity index (χ0v) is 21.1. The van der Waals surface area contributed by atoms with Gasteiger partial charge in [0.2, 0.25) is 5.91 Å². The number of nitrogens with one attached hydrogen (secondary N) is 1. The number of carbonyl (C=O) groups is 2. The number of aliphatic hydroxyl groups is 1. The fourth-order valence-electron chi connectivity index (χ4n) is 6.95. The number of rotatable bonds is 6. The molecule has 2 bridgehead atoms. The fourth-order valence-corrected chi connectivity index (χ4v) is 6.95. The van der Waals surface area contributed by atoms with Crippen LogP contribution in [0.3, 0.4) is 0 Å². The maximum atomic E-state index is 12.8. The van der Waals surface area contributed by atoms with E-state index in [1.165, 1.54) is 0 Å². The first-order valence-electron chi connectivity index (χ1n) is 12.9. The molecule has 4 aliphatic rings. The maximum absolute atomic E-state index is 12.8. The molecule has 5 atom stereocenters. The molecule has 2 aromatic carbocycles. The van der Waals surface area contributed by atoms with E-state index in [-0.39, 0.29) is 36.6 Å². The van der Waals surface area contributed by atoms with Gasteiger partial charge in [-0.05, 0) is 56.6 Å². The van der Waals surface area contributed by atoms with Gasteiger partial charge in [-0.25, -0.2) is 0 Å². The summed E-state index contributed by atoms with van der Waals surface area (Å²) in [6, 6.07) is 12.9. The van der Waals surface area contributed by atoms with Gasteiger partial charge in [0.25, 0.3) is 0 Å². The second-order valence-electron chi connectivity index (χ2n) is 10.8. The lowest BCUT2D eigenvalue weighted by Crippen LogP contribution is -2.74. The lowest BCUT2D eigenvalue weighted by molar-refractivity contribution is -0.169. The van der Waals surface area contributed by atoms with Crippen molar-refractivity contribution in [3.63, 3.8) is 0 Å². The number of nitrogens with zero attached hydrogens (tertiary/aromatic N) is 1. The zero-order valence-electron chi connectivity index (χ0n) is 21.1. The first-order valence-corrected chi connectivity index (χ1v) is 12.9. The summed E-state index contributed by atoms with van der Waals surface area (Å²) in [5.74, 6) is -0.184. The predicted molar refractivity (Wildman–Crippen MR) is 135 cm³/mol. The number of benzene rings is 2. The number of piperidine rings is 1. The van der Waals surface area contributed by atoms with Gasteiger partial charge in [0.15, 0.2) is 17.6 Å². The van der Waals surface area contributed by atoms with Crippen LogP contribution in [0.25, 0.3) is 0 Å². The van der Waals surface area contributed by atoms with Crippen LogP contribution in [0, 0.1) is 0 Å². The maximum Gasteiger partial charge on any atom is 0.312 e. The molecule has 3 N–H and O–H groups in total. The van der Waals surface area contributed by atoms with Crippen molar-refractivity contribution in [3.8, 4) is 11.5 Å². The summed E-state index contributed by atoms with van der Waals surface area (Å²) in [4.78, 5) is 27.6. The predicted octanol–water partition coefficient (Wildman–Crippen LogP) is 2.52. The SMILES string of the molecule is CC(C(=O)NCCC(=O)OC1=CC[C@@]2(O)[C@H]3Cc4ccc(O)c5c4C2(CCN3C)C1O5)c1ccccc1. The number of ether oxygens (including phenoxy) is 2. The molecular weight excluding hydrogens is 472 g/mol. The molecule has 2 aliphatic carbocycles. The van der Waals surface area contributed by atoms with Gasteiger partial charge in [0, 0.05) is 24.6 Å². The van der Waals surface area contributed by atoms with E-state index in [1.807, 2.05) is 50.4 Å². The number of amides is 1. The summed E-state index contributed by atoms with van der Waals surface area (Å²) in [5.41, 5.74) is 0.919. The minimum Gasteiger partial charge on any atom is -0.504 e. The minimum atomic E-state index is -1.10. The highest BCUT2D eigenvalue weighted by atomic mass is 16.6. The van der Waals surface area contributed by atoms with Gasteiger partial charge in [-0.15, -0.1) is 0 Å². The number of hydrogen-bond donors (Lipinski definition) is 3. The highest BCUT2D eigenvalue weighted by Crippen LogP contribution is 2.65. The van der Waals surface area contributed by atoms with Crippen molar-refractivity contribution < 1.29 is 29.3 Å². The van der Waals surface area contributed by atoms with Crippen LogP contribution < -0.4 is 10.1 Å². The van der Waals surface area contributed by atoms with Gasteiger partial charge >= 0.3 is 5.97 Å². The average Bonchev–Trinajstić information content (AvgIpc) is 3.25. The van der Waals surface area contributed by atoms with Crippen molar-refractivity contribution in [1.82, 2.24) is 10.2 Å². The van der Waals surface area contributed by atoms with E-state index in [1.54, 1.807) is 12.1 Å². The zero-order chi connectivity index (χ0) is 25.9. The van der Waals surface area contributed by atoms with E-state index in [0.29, 0.717) is 30.8 Å². The fraction of sp³-hybridized carbons (Fsp3) is 0.448. The van der Waals surface area contributed by atoms with Gasteiger partial charge in [-0.1, -0.05) is 36.4 Å². The van der Waals surface area contributed by atoms with Crippen LogP contribution in [0.2, 0.25) is 0 Å². The standard InChI is InChI=1S/C29H32N2O6/c1-17(18-6-4-3-5-7-18)27(34)30-14-11-23(33)36-21-10-12-29(35)22-16-19-8-9-20(32)25-24(19)28(29,26(21)37-25)13-15-31(22)2/h3-10,17,22,26,32,35H,11-16H2,1-2H3,(H,30,34)/t17?,22-,26?,28?,29-/m1/s1. The van der Waals surface area contributed by atoms with Gasteiger partial charge in [-0.2, -0.15) is 0 Å². The smallest absolute Gasteiger partial charge is 0.312 e. The Kier molecular flexibility index (Phi) is 5.58. The van der Waals surface area contributed by atoms with Crippen LogP contribution in [-0.2, 0) is 26.2 Å². The average molecular weight is 505 g/mol.